The smallest absolute Gasteiger partial charge is 0.0798 e. The number of fused-ring (bicyclic) bond motifs is 3. The number of thiophene rings is 1. The van der Waals surface area contributed by atoms with Crippen LogP contribution in [0.5, 0.6) is 0 Å². The Balaban J connectivity index is 0.000000187. The normalized spacial score (nSPS) is 11.1. The van der Waals surface area contributed by atoms with E-state index in [9.17, 15) is 0 Å². The Kier molecular flexibility index (Phi) is 9.72. The zero-order chi connectivity index (χ0) is 30.0. The van der Waals surface area contributed by atoms with E-state index < -0.39 is 8.07 Å². The van der Waals surface area contributed by atoms with Crippen molar-refractivity contribution >= 4 is 44.8 Å². The van der Waals surface area contributed by atoms with Crippen molar-refractivity contribution in [3.63, 3.8) is 0 Å². The largest absolute Gasteiger partial charge is 0.305 e. The molecule has 0 atom stereocenters. The Labute approximate surface area is 279 Å². The average Bonchev–Trinajstić information content (AvgIpc) is 3.40. The SMILES string of the molecule is Cc1cc(-c2[c-]cccc2)ncc1[Si](C)(C)C.Cc1ccnc(-c2[c-]ccc3c2sc2ccc(-c4ccccc4)cc23)c1.[Ir]. The Bertz CT molecular complexity index is 2030. The van der Waals surface area contributed by atoms with Crippen LogP contribution in [0.1, 0.15) is 11.1 Å². The topological polar surface area (TPSA) is 25.8 Å². The summed E-state index contributed by atoms with van der Waals surface area (Å²) < 4.78 is 2.55. The van der Waals surface area contributed by atoms with Gasteiger partial charge in [0.15, 0.2) is 0 Å². The first-order chi connectivity index (χ1) is 20.8. The molecule has 1 radical (unpaired) electrons. The van der Waals surface area contributed by atoms with Crippen molar-refractivity contribution in [3.8, 4) is 33.6 Å². The fraction of sp³-hybridized carbons (Fsp3) is 0.128. The van der Waals surface area contributed by atoms with Crippen LogP contribution in [0.2, 0.25) is 19.6 Å². The maximum atomic E-state index is 4.58. The van der Waals surface area contributed by atoms with E-state index in [-0.39, 0.29) is 20.1 Å². The van der Waals surface area contributed by atoms with Crippen LogP contribution in [-0.4, -0.2) is 18.0 Å². The van der Waals surface area contributed by atoms with E-state index in [2.05, 4.69) is 135 Å². The van der Waals surface area contributed by atoms with Crippen LogP contribution in [-0.2, 0) is 20.1 Å². The number of hydrogen-bond acceptors (Lipinski definition) is 3. The molecule has 2 nitrogen and oxygen atoms in total. The van der Waals surface area contributed by atoms with Gasteiger partial charge in [-0.25, -0.2) is 0 Å². The monoisotopic (exact) mass is 783 g/mol. The molecule has 3 aromatic heterocycles. The minimum Gasteiger partial charge on any atom is -0.305 e. The summed E-state index contributed by atoms with van der Waals surface area (Å²) in [6.45, 7) is 11.3. The molecule has 0 fully saturated rings. The van der Waals surface area contributed by atoms with Gasteiger partial charge in [-0.15, -0.1) is 59.7 Å². The zero-order valence-corrected chi connectivity index (χ0v) is 29.8. The van der Waals surface area contributed by atoms with Gasteiger partial charge >= 0.3 is 0 Å². The molecule has 0 N–H and O–H groups in total. The number of hydrogen-bond donors (Lipinski definition) is 0. The quantitative estimate of drug-likeness (QED) is 0.131. The first-order valence-electron chi connectivity index (χ1n) is 14.6. The molecular weight excluding hydrogens is 749 g/mol. The molecule has 0 aliphatic heterocycles. The van der Waals surface area contributed by atoms with Crippen LogP contribution in [0, 0.1) is 26.0 Å². The van der Waals surface area contributed by atoms with Crippen LogP contribution < -0.4 is 5.19 Å². The number of rotatable bonds is 4. The van der Waals surface area contributed by atoms with Crippen molar-refractivity contribution in [2.75, 3.05) is 0 Å². The third kappa shape index (κ3) is 6.82. The molecule has 0 amide bonds. The van der Waals surface area contributed by atoms with Crippen LogP contribution in [0.3, 0.4) is 0 Å². The first-order valence-corrected chi connectivity index (χ1v) is 18.9. The summed E-state index contributed by atoms with van der Waals surface area (Å²) in [5, 5.41) is 4.02. The summed E-state index contributed by atoms with van der Waals surface area (Å²) in [5.74, 6) is 0. The van der Waals surface area contributed by atoms with Crippen molar-refractivity contribution in [2.45, 2.75) is 33.5 Å². The van der Waals surface area contributed by atoms with Crippen molar-refractivity contribution in [1.29, 1.82) is 0 Å². The number of aromatic nitrogens is 2. The second-order valence-corrected chi connectivity index (χ2v) is 18.0. The van der Waals surface area contributed by atoms with Crippen molar-refractivity contribution in [3.05, 3.63) is 139 Å². The Morgan fingerprint density at radius 1 is 0.682 bits per heavy atom. The zero-order valence-electron chi connectivity index (χ0n) is 25.6. The van der Waals surface area contributed by atoms with E-state index in [4.69, 9.17) is 0 Å². The second kappa shape index (κ2) is 13.5. The molecule has 0 spiro atoms. The van der Waals surface area contributed by atoms with Crippen molar-refractivity contribution in [1.82, 2.24) is 9.97 Å². The van der Waals surface area contributed by atoms with E-state index in [0.717, 1.165) is 22.5 Å². The Hall–Kier alpha value is -3.73. The maximum absolute atomic E-state index is 4.58. The molecule has 4 aromatic carbocycles. The van der Waals surface area contributed by atoms with Crippen LogP contribution >= 0.6 is 11.3 Å². The van der Waals surface area contributed by atoms with Gasteiger partial charge in [-0.3, -0.25) is 0 Å². The van der Waals surface area contributed by atoms with Crippen molar-refractivity contribution in [2.24, 2.45) is 0 Å². The average molecular weight is 783 g/mol. The van der Waals surface area contributed by atoms with Gasteiger partial charge in [0.25, 0.3) is 0 Å². The fourth-order valence-electron chi connectivity index (χ4n) is 5.46. The van der Waals surface area contributed by atoms with Gasteiger partial charge in [-0.05, 0) is 69.8 Å². The van der Waals surface area contributed by atoms with E-state index in [1.54, 1.807) is 0 Å². The van der Waals surface area contributed by atoms with Gasteiger partial charge in [0.1, 0.15) is 0 Å². The number of aryl methyl sites for hydroxylation is 2. The summed E-state index contributed by atoms with van der Waals surface area (Å²) in [4.78, 5) is 9.15. The molecule has 0 unspecified atom stereocenters. The molecule has 3 heterocycles. The molecule has 7 aromatic rings. The summed E-state index contributed by atoms with van der Waals surface area (Å²) in [6.07, 6.45) is 3.93. The van der Waals surface area contributed by atoms with E-state index in [1.807, 2.05) is 47.9 Å². The molecule has 0 saturated carbocycles. The van der Waals surface area contributed by atoms with E-state index in [0.29, 0.717) is 0 Å². The van der Waals surface area contributed by atoms with Gasteiger partial charge in [0.2, 0.25) is 0 Å². The van der Waals surface area contributed by atoms with Gasteiger partial charge in [-0.1, -0.05) is 84.7 Å². The number of nitrogens with zero attached hydrogens (tertiary/aromatic N) is 2. The third-order valence-corrected chi connectivity index (χ3v) is 11.0. The Morgan fingerprint density at radius 3 is 2.18 bits per heavy atom. The van der Waals surface area contributed by atoms with Gasteiger partial charge in [0.05, 0.1) is 8.07 Å². The van der Waals surface area contributed by atoms with Crippen molar-refractivity contribution < 1.29 is 20.1 Å². The van der Waals surface area contributed by atoms with Gasteiger partial charge in [0, 0.05) is 37.2 Å². The molecule has 221 valence electrons. The Morgan fingerprint density at radius 2 is 1.48 bits per heavy atom. The predicted molar refractivity (Wildman–Crippen MR) is 188 cm³/mol. The fourth-order valence-corrected chi connectivity index (χ4v) is 8.35. The summed E-state index contributed by atoms with van der Waals surface area (Å²) in [7, 11) is -1.27. The second-order valence-electron chi connectivity index (χ2n) is 11.9. The maximum Gasteiger partial charge on any atom is 0.0798 e. The molecular formula is C39H34IrN2SSi-2. The molecule has 44 heavy (non-hydrogen) atoms. The number of benzene rings is 4. The molecule has 7 rings (SSSR count). The standard InChI is InChI=1S/C24H16NS.C15H18NSi.Ir/c1-16-12-13-25-22(14-16)20-9-5-8-19-21-15-18(17-6-3-2-4-7-17)10-11-23(21)26-24(19)20;1-12-10-14(13-8-6-5-7-9-13)16-11-15(12)17(2,3)4;/h2-8,10-15H,1H3;5-8,10-11H,1-4H3;/q2*-1;. The molecule has 0 aliphatic rings. The van der Waals surface area contributed by atoms with Gasteiger partial charge in [-0.2, -0.15) is 11.3 Å². The predicted octanol–water partition coefficient (Wildman–Crippen LogP) is 10.3. The minimum atomic E-state index is -1.27. The summed E-state index contributed by atoms with van der Waals surface area (Å²) in [5.41, 5.74) is 9.24. The van der Waals surface area contributed by atoms with Crippen LogP contribution in [0.15, 0.2) is 116 Å². The molecule has 0 bridgehead atoms. The van der Waals surface area contributed by atoms with Gasteiger partial charge < -0.3 is 9.97 Å². The minimum absolute atomic E-state index is 0. The van der Waals surface area contributed by atoms with Crippen LogP contribution in [0.25, 0.3) is 53.8 Å². The number of pyridine rings is 2. The summed E-state index contributed by atoms with van der Waals surface area (Å²) in [6, 6.07) is 42.4. The molecule has 5 heteroatoms. The third-order valence-electron chi connectivity index (χ3n) is 7.61. The van der Waals surface area contributed by atoms with E-state index in [1.165, 1.54) is 47.6 Å². The first kappa shape index (κ1) is 31.7. The van der Waals surface area contributed by atoms with Crippen LogP contribution in [0.4, 0.5) is 0 Å². The molecule has 0 saturated heterocycles. The summed E-state index contributed by atoms with van der Waals surface area (Å²) >= 11 is 1.82. The molecule has 0 aliphatic carbocycles. The van der Waals surface area contributed by atoms with E-state index >= 15 is 0 Å².